The van der Waals surface area contributed by atoms with Gasteiger partial charge >= 0.3 is 0 Å². The maximum Gasteiger partial charge on any atom is 0.0583 e. The van der Waals surface area contributed by atoms with Gasteiger partial charge in [-0.05, 0) is 31.9 Å². The van der Waals surface area contributed by atoms with Crippen molar-refractivity contribution in [2.24, 2.45) is 5.73 Å². The number of aliphatic hydroxyl groups excluding tert-OH is 1. The first-order chi connectivity index (χ1) is 7.69. The molecule has 0 aliphatic carbocycles. The Kier molecular flexibility index (Phi) is 5.29. The molecule has 90 valence electrons. The number of hydrogen-bond donors (Lipinski definition) is 2. The van der Waals surface area contributed by atoms with Crippen molar-refractivity contribution >= 4 is 5.69 Å². The van der Waals surface area contributed by atoms with E-state index in [1.165, 1.54) is 11.3 Å². The van der Waals surface area contributed by atoms with Gasteiger partial charge in [-0.15, -0.1) is 0 Å². The molecule has 0 bridgehead atoms. The molecule has 0 heterocycles. The molecular formula is C13H22N2O. The molecule has 0 aliphatic rings. The second kappa shape index (κ2) is 6.51. The third kappa shape index (κ3) is 3.51. The molecular weight excluding hydrogens is 200 g/mol. The lowest BCUT2D eigenvalue weighted by Crippen LogP contribution is -2.32. The van der Waals surface area contributed by atoms with Crippen molar-refractivity contribution in [3.63, 3.8) is 0 Å². The molecule has 3 heteroatoms. The van der Waals surface area contributed by atoms with Gasteiger partial charge in [-0.2, -0.15) is 0 Å². The number of hydrogen-bond acceptors (Lipinski definition) is 3. The average molecular weight is 222 g/mol. The Balaban J connectivity index is 2.64. The summed E-state index contributed by atoms with van der Waals surface area (Å²) in [6.45, 7) is 6.16. The summed E-state index contributed by atoms with van der Waals surface area (Å²) in [6.07, 6.45) is 0.818. The quantitative estimate of drug-likeness (QED) is 0.767. The summed E-state index contributed by atoms with van der Waals surface area (Å²) in [5, 5.41) is 8.90. The number of benzene rings is 1. The van der Waals surface area contributed by atoms with E-state index in [1.54, 1.807) is 0 Å². The van der Waals surface area contributed by atoms with Gasteiger partial charge in [0.25, 0.3) is 0 Å². The maximum absolute atomic E-state index is 8.90. The van der Waals surface area contributed by atoms with Gasteiger partial charge in [0.15, 0.2) is 0 Å². The third-order valence-corrected chi connectivity index (χ3v) is 2.84. The molecule has 1 aromatic carbocycles. The van der Waals surface area contributed by atoms with Crippen LogP contribution in [0.3, 0.4) is 0 Å². The number of aliphatic hydroxyl groups is 1. The van der Waals surface area contributed by atoms with Crippen molar-refractivity contribution in [1.29, 1.82) is 0 Å². The van der Waals surface area contributed by atoms with Crippen LogP contribution in [0.2, 0.25) is 0 Å². The number of rotatable bonds is 6. The molecule has 0 saturated heterocycles. The van der Waals surface area contributed by atoms with E-state index in [0.717, 1.165) is 19.5 Å². The van der Waals surface area contributed by atoms with Crippen LogP contribution in [0.25, 0.3) is 0 Å². The van der Waals surface area contributed by atoms with E-state index >= 15 is 0 Å². The highest BCUT2D eigenvalue weighted by atomic mass is 16.3. The van der Waals surface area contributed by atoms with Gasteiger partial charge in [0.05, 0.1) is 6.61 Å². The largest absolute Gasteiger partial charge is 0.395 e. The Bertz CT molecular complexity index is 315. The fourth-order valence-electron chi connectivity index (χ4n) is 1.78. The predicted molar refractivity (Wildman–Crippen MR) is 68.7 cm³/mol. The molecule has 0 aromatic heterocycles. The minimum absolute atomic E-state index is 0.0608. The lowest BCUT2D eigenvalue weighted by atomic mass is 10.1. The van der Waals surface area contributed by atoms with Crippen LogP contribution in [0.15, 0.2) is 24.3 Å². The summed E-state index contributed by atoms with van der Waals surface area (Å²) < 4.78 is 0. The van der Waals surface area contributed by atoms with Gasteiger partial charge in [0.2, 0.25) is 0 Å². The molecule has 3 N–H and O–H groups in total. The lowest BCUT2D eigenvalue weighted by Gasteiger charge is -2.26. The van der Waals surface area contributed by atoms with Gasteiger partial charge in [-0.1, -0.05) is 18.2 Å². The van der Waals surface area contributed by atoms with E-state index in [1.807, 2.05) is 6.07 Å². The maximum atomic E-state index is 8.90. The molecule has 0 fully saturated rings. The van der Waals surface area contributed by atoms with E-state index in [2.05, 4.69) is 36.9 Å². The van der Waals surface area contributed by atoms with Crippen LogP contribution in [0.1, 0.15) is 18.9 Å². The fraction of sp³-hybridized carbons (Fsp3) is 0.538. The van der Waals surface area contributed by atoms with Gasteiger partial charge in [-0.3, -0.25) is 0 Å². The van der Waals surface area contributed by atoms with Crippen LogP contribution in [-0.2, 0) is 0 Å². The van der Waals surface area contributed by atoms with Crippen LogP contribution in [0.4, 0.5) is 5.69 Å². The Hall–Kier alpha value is -1.06. The molecule has 0 spiro atoms. The van der Waals surface area contributed by atoms with E-state index in [0.29, 0.717) is 0 Å². The molecule has 1 aromatic rings. The summed E-state index contributed by atoms with van der Waals surface area (Å²) >= 11 is 0. The molecule has 0 aliphatic heterocycles. The molecule has 1 unspecified atom stereocenters. The minimum Gasteiger partial charge on any atom is -0.395 e. The summed E-state index contributed by atoms with van der Waals surface area (Å²) in [4.78, 5) is 2.30. The van der Waals surface area contributed by atoms with Crippen molar-refractivity contribution in [3.05, 3.63) is 29.8 Å². The van der Waals surface area contributed by atoms with Crippen LogP contribution >= 0.6 is 0 Å². The number of aryl methyl sites for hydroxylation is 1. The Morgan fingerprint density at radius 3 is 2.62 bits per heavy atom. The first kappa shape index (κ1) is 13.0. The summed E-state index contributed by atoms with van der Waals surface area (Å²) in [6, 6.07) is 8.23. The fourth-order valence-corrected chi connectivity index (χ4v) is 1.78. The van der Waals surface area contributed by atoms with Crippen LogP contribution < -0.4 is 10.6 Å². The zero-order valence-corrected chi connectivity index (χ0v) is 10.2. The van der Waals surface area contributed by atoms with E-state index in [9.17, 15) is 0 Å². The SMILES string of the molecule is CCN(CCC(N)CO)c1ccccc1C. The predicted octanol–water partition coefficient (Wildman–Crippen LogP) is 1.53. The summed E-state index contributed by atoms with van der Waals surface area (Å²) in [5.41, 5.74) is 8.25. The normalized spacial score (nSPS) is 12.5. The smallest absolute Gasteiger partial charge is 0.0583 e. The Labute approximate surface area is 97.9 Å². The third-order valence-electron chi connectivity index (χ3n) is 2.84. The Morgan fingerprint density at radius 1 is 1.38 bits per heavy atom. The van der Waals surface area contributed by atoms with Gasteiger partial charge < -0.3 is 15.7 Å². The highest BCUT2D eigenvalue weighted by molar-refractivity contribution is 5.52. The minimum atomic E-state index is -0.113. The van der Waals surface area contributed by atoms with Crippen molar-refractivity contribution < 1.29 is 5.11 Å². The number of nitrogens with zero attached hydrogens (tertiary/aromatic N) is 1. The molecule has 16 heavy (non-hydrogen) atoms. The Morgan fingerprint density at radius 2 is 2.06 bits per heavy atom. The highest BCUT2D eigenvalue weighted by Crippen LogP contribution is 2.19. The zero-order chi connectivity index (χ0) is 12.0. The first-order valence-corrected chi connectivity index (χ1v) is 5.86. The molecule has 3 nitrogen and oxygen atoms in total. The summed E-state index contributed by atoms with van der Waals surface area (Å²) in [7, 11) is 0. The molecule has 1 rings (SSSR count). The average Bonchev–Trinajstić information content (AvgIpc) is 2.31. The van der Waals surface area contributed by atoms with E-state index in [4.69, 9.17) is 10.8 Å². The van der Waals surface area contributed by atoms with Gasteiger partial charge in [-0.25, -0.2) is 0 Å². The van der Waals surface area contributed by atoms with Crippen LogP contribution in [0, 0.1) is 6.92 Å². The van der Waals surface area contributed by atoms with E-state index in [-0.39, 0.29) is 12.6 Å². The highest BCUT2D eigenvalue weighted by Gasteiger charge is 2.08. The van der Waals surface area contributed by atoms with Gasteiger partial charge in [0, 0.05) is 24.8 Å². The van der Waals surface area contributed by atoms with Crippen LogP contribution in [-0.4, -0.2) is 30.8 Å². The van der Waals surface area contributed by atoms with Gasteiger partial charge in [0.1, 0.15) is 0 Å². The molecule has 1 atom stereocenters. The van der Waals surface area contributed by atoms with Crippen molar-refractivity contribution in [1.82, 2.24) is 0 Å². The topological polar surface area (TPSA) is 49.5 Å². The summed E-state index contributed by atoms with van der Waals surface area (Å²) in [5.74, 6) is 0. The van der Waals surface area contributed by atoms with E-state index < -0.39 is 0 Å². The molecule has 0 radical (unpaired) electrons. The standard InChI is InChI=1S/C13H22N2O/c1-3-15(9-8-12(14)10-16)13-7-5-4-6-11(13)2/h4-7,12,16H,3,8-10,14H2,1-2H3. The molecule has 0 saturated carbocycles. The number of para-hydroxylation sites is 1. The number of anilines is 1. The monoisotopic (exact) mass is 222 g/mol. The lowest BCUT2D eigenvalue weighted by molar-refractivity contribution is 0.261. The van der Waals surface area contributed by atoms with Crippen molar-refractivity contribution in [2.45, 2.75) is 26.3 Å². The van der Waals surface area contributed by atoms with Crippen LogP contribution in [0.5, 0.6) is 0 Å². The second-order valence-electron chi connectivity index (χ2n) is 4.10. The van der Waals surface area contributed by atoms with Crippen molar-refractivity contribution in [2.75, 3.05) is 24.6 Å². The molecule has 0 amide bonds. The number of nitrogens with two attached hydrogens (primary N) is 1. The second-order valence-corrected chi connectivity index (χ2v) is 4.10. The first-order valence-electron chi connectivity index (χ1n) is 5.86. The zero-order valence-electron chi connectivity index (χ0n) is 10.2. The van der Waals surface area contributed by atoms with Crippen molar-refractivity contribution in [3.8, 4) is 0 Å².